The molecular weight excluding hydrogens is 551 g/mol. The molecule has 3 rings (SSSR count). The number of carbonyl (C=O) groups is 3. The first-order valence-corrected chi connectivity index (χ1v) is 13.3. The number of nitrogens with zero attached hydrogens (tertiary/aromatic N) is 3. The van der Waals surface area contributed by atoms with Crippen LogP contribution >= 0.6 is 0 Å². The maximum atomic E-state index is 14.0. The van der Waals surface area contributed by atoms with E-state index in [1.807, 2.05) is 4.72 Å². The molecule has 0 bridgehead atoms. The van der Waals surface area contributed by atoms with E-state index >= 15 is 0 Å². The summed E-state index contributed by atoms with van der Waals surface area (Å²) in [6.07, 6.45) is -0.214. The Kier molecular flexibility index (Phi) is 9.34. The number of nitrogens with one attached hydrogen (secondary N) is 2. The Hall–Kier alpha value is -4.22. The summed E-state index contributed by atoms with van der Waals surface area (Å²) in [5.74, 6) is -1.69. The van der Waals surface area contributed by atoms with Gasteiger partial charge in [0.05, 0.1) is 4.90 Å². The van der Waals surface area contributed by atoms with Crippen LogP contribution in [0.4, 0.5) is 26.4 Å². The zero-order chi connectivity index (χ0) is 29.8. The van der Waals surface area contributed by atoms with Crippen molar-refractivity contribution in [3.63, 3.8) is 0 Å². The highest BCUT2D eigenvalue weighted by Crippen LogP contribution is 2.21. The average molecular weight is 577 g/mol. The topological polar surface area (TPSA) is 201 Å². The minimum absolute atomic E-state index is 0.214. The van der Waals surface area contributed by atoms with Gasteiger partial charge in [0.15, 0.2) is 0 Å². The summed E-state index contributed by atoms with van der Waals surface area (Å²) in [5, 5.41) is 6.50. The number of halogens is 2. The van der Waals surface area contributed by atoms with Crippen LogP contribution in [-0.4, -0.2) is 47.7 Å². The molecule has 0 spiro atoms. The van der Waals surface area contributed by atoms with Crippen molar-refractivity contribution < 1.29 is 36.3 Å². The van der Waals surface area contributed by atoms with E-state index in [-0.39, 0.29) is 28.7 Å². The minimum Gasteiger partial charge on any atom is -0.368 e. The van der Waals surface area contributed by atoms with Gasteiger partial charge in [-0.25, -0.2) is 27.8 Å². The maximum absolute atomic E-state index is 14.0. The van der Waals surface area contributed by atoms with E-state index in [0.717, 1.165) is 18.2 Å². The third kappa shape index (κ3) is 6.85. The number of aromatic nitrogens is 3. The molecule has 6 N–H and O–H groups in total. The second-order valence-electron chi connectivity index (χ2n) is 8.93. The Bertz CT molecular complexity index is 1510. The third-order valence-electron chi connectivity index (χ3n) is 6.04. The van der Waals surface area contributed by atoms with Crippen molar-refractivity contribution in [2.24, 2.45) is 11.8 Å². The predicted octanol–water partition coefficient (Wildman–Crippen LogP) is 1.87. The van der Waals surface area contributed by atoms with Crippen molar-refractivity contribution in [3.05, 3.63) is 59.7 Å². The van der Waals surface area contributed by atoms with Gasteiger partial charge in [0.1, 0.15) is 23.0 Å². The third-order valence-corrected chi connectivity index (χ3v) is 7.40. The molecule has 0 saturated carbocycles. The van der Waals surface area contributed by atoms with Gasteiger partial charge in [-0.3, -0.25) is 9.59 Å². The second kappa shape index (κ2) is 12.3. The number of nitrogen functional groups attached to an aromatic ring is 1. The number of carbonyl (C=O) groups excluding carboxylic acids is 3. The molecule has 1 heterocycles. The first-order valence-electron chi connectivity index (χ1n) is 11.8. The summed E-state index contributed by atoms with van der Waals surface area (Å²) in [7, 11) is -4.28. The van der Waals surface area contributed by atoms with Crippen LogP contribution in [0, 0.1) is 17.6 Å². The van der Waals surface area contributed by atoms with Gasteiger partial charge < -0.3 is 20.6 Å². The lowest BCUT2D eigenvalue weighted by molar-refractivity contribution is -0.127. The van der Waals surface area contributed by atoms with Crippen LogP contribution in [0.5, 0.6) is 0 Å². The smallest absolute Gasteiger partial charge is 0.328 e. The number of Topliss-reactive ketones (excluding diaryl/α,β-unsaturated/α-hetero) is 1. The molecule has 1 amide bonds. The first-order chi connectivity index (χ1) is 18.7. The summed E-state index contributed by atoms with van der Waals surface area (Å²) in [5.41, 5.74) is 5.08. The Morgan fingerprint density at radius 2 is 1.70 bits per heavy atom. The highest BCUT2D eigenvalue weighted by atomic mass is 32.2. The molecule has 1 aromatic heterocycles. The van der Waals surface area contributed by atoms with Gasteiger partial charge in [0.2, 0.25) is 17.8 Å². The number of anilines is 3. The van der Waals surface area contributed by atoms with E-state index in [0.29, 0.717) is 4.68 Å². The molecule has 0 aliphatic carbocycles. The van der Waals surface area contributed by atoms with Crippen molar-refractivity contribution in [1.82, 2.24) is 19.5 Å². The highest BCUT2D eigenvalue weighted by Gasteiger charge is 2.29. The van der Waals surface area contributed by atoms with Crippen LogP contribution < -0.4 is 21.7 Å². The van der Waals surface area contributed by atoms with E-state index < -0.39 is 63.6 Å². The summed E-state index contributed by atoms with van der Waals surface area (Å²) >= 11 is 0. The van der Waals surface area contributed by atoms with Crippen LogP contribution in [0.3, 0.4) is 0 Å². The number of amides is 1. The molecule has 13 nitrogen and oxygen atoms in total. The standard InChI is InChI=1S/C23H26BF2N7O6S/c1-12(11-18(34)13(2)24(3)39-28)20(35)32-40(37,38)15-9-7-14(8-10-15)29-23-30-22(27)33(31-23)21(36)19-16(25)5-4-6-17(19)26/h4-10,12-13H,11,28H2,1-3H3,(H,32,35)(H3,27,29,30,31)/t12-,13+/m1/s1. The fraction of sp³-hybridized carbons (Fsp3) is 0.261. The lowest BCUT2D eigenvalue weighted by Crippen LogP contribution is -2.36. The Balaban J connectivity index is 1.67. The van der Waals surface area contributed by atoms with Crippen LogP contribution in [0.15, 0.2) is 47.4 Å². The monoisotopic (exact) mass is 577 g/mol. The Morgan fingerprint density at radius 3 is 2.27 bits per heavy atom. The lowest BCUT2D eigenvalue weighted by atomic mass is 9.57. The fourth-order valence-electron chi connectivity index (χ4n) is 3.43. The maximum Gasteiger partial charge on any atom is 0.328 e. The summed E-state index contributed by atoms with van der Waals surface area (Å²) < 4.78 is 60.4. The summed E-state index contributed by atoms with van der Waals surface area (Å²) in [4.78, 5) is 40.9. The zero-order valence-electron chi connectivity index (χ0n) is 21.6. The molecule has 3 aromatic rings. The number of hydrogen-bond acceptors (Lipinski definition) is 11. The number of rotatable bonds is 11. The quantitative estimate of drug-likeness (QED) is 0.191. The molecule has 40 heavy (non-hydrogen) atoms. The molecule has 0 fully saturated rings. The van der Waals surface area contributed by atoms with Crippen molar-refractivity contribution in [3.8, 4) is 0 Å². The van der Waals surface area contributed by atoms with E-state index in [2.05, 4.69) is 20.2 Å². The number of sulfonamides is 1. The molecule has 0 saturated heterocycles. The molecule has 2 atom stereocenters. The molecule has 0 unspecified atom stereocenters. The Labute approximate surface area is 228 Å². The number of ketones is 1. The van der Waals surface area contributed by atoms with Gasteiger partial charge in [-0.1, -0.05) is 26.7 Å². The molecule has 0 radical (unpaired) electrons. The van der Waals surface area contributed by atoms with E-state index in [1.54, 1.807) is 13.7 Å². The van der Waals surface area contributed by atoms with Gasteiger partial charge in [0, 0.05) is 23.8 Å². The number of nitrogens with two attached hydrogens (primary N) is 2. The van der Waals surface area contributed by atoms with E-state index in [9.17, 15) is 31.6 Å². The van der Waals surface area contributed by atoms with Gasteiger partial charge in [-0.2, -0.15) is 9.67 Å². The minimum atomic E-state index is -4.28. The van der Waals surface area contributed by atoms with E-state index in [4.69, 9.17) is 11.6 Å². The van der Waals surface area contributed by atoms with Gasteiger partial charge in [0.25, 0.3) is 15.9 Å². The van der Waals surface area contributed by atoms with Crippen LogP contribution in [-0.2, 0) is 24.4 Å². The van der Waals surface area contributed by atoms with Crippen LogP contribution in [0.2, 0.25) is 12.6 Å². The predicted molar refractivity (Wildman–Crippen MR) is 141 cm³/mol. The molecule has 17 heteroatoms. The van der Waals surface area contributed by atoms with Crippen LogP contribution in [0.1, 0.15) is 30.6 Å². The largest absolute Gasteiger partial charge is 0.368 e. The number of hydrogen-bond donors (Lipinski definition) is 4. The summed E-state index contributed by atoms with van der Waals surface area (Å²) in [6.45, 7) is 4.03. The lowest BCUT2D eigenvalue weighted by Gasteiger charge is -2.16. The number of benzene rings is 2. The zero-order valence-corrected chi connectivity index (χ0v) is 22.4. The second-order valence-corrected chi connectivity index (χ2v) is 10.6. The van der Waals surface area contributed by atoms with E-state index in [1.165, 1.54) is 31.2 Å². The van der Waals surface area contributed by atoms with Gasteiger partial charge in [-0.15, -0.1) is 5.10 Å². The molecule has 0 aliphatic rings. The van der Waals surface area contributed by atoms with Crippen molar-refractivity contribution in [1.29, 1.82) is 0 Å². The summed E-state index contributed by atoms with van der Waals surface area (Å²) in [6, 6.07) is 7.89. The first kappa shape index (κ1) is 30.3. The highest BCUT2D eigenvalue weighted by molar-refractivity contribution is 7.90. The molecular formula is C23H26BF2N7O6S. The normalized spacial score (nSPS) is 12.8. The SMILES string of the molecule is CB(ON)[C@@H](C)C(=O)C[C@@H](C)C(=O)NS(=O)(=O)c1ccc(Nc2nc(N)n(C(=O)c3c(F)cccc3F)n2)cc1. The molecule has 0 aliphatic heterocycles. The van der Waals surface area contributed by atoms with Crippen molar-refractivity contribution in [2.75, 3.05) is 11.1 Å². The molecule has 212 valence electrons. The van der Waals surface area contributed by atoms with Crippen molar-refractivity contribution in [2.45, 2.75) is 37.8 Å². The average Bonchev–Trinajstić information content (AvgIpc) is 3.27. The Morgan fingerprint density at radius 1 is 1.10 bits per heavy atom. The fourth-order valence-corrected chi connectivity index (χ4v) is 4.51. The molecule has 2 aromatic carbocycles. The van der Waals surface area contributed by atoms with Crippen LogP contribution in [0.25, 0.3) is 0 Å². The van der Waals surface area contributed by atoms with Gasteiger partial charge >= 0.3 is 6.92 Å². The van der Waals surface area contributed by atoms with Crippen molar-refractivity contribution >= 4 is 52.1 Å². The van der Waals surface area contributed by atoms with Gasteiger partial charge in [-0.05, 0) is 36.4 Å².